The fraction of sp³-hybridized carbons (Fsp3) is 0.562. The van der Waals surface area contributed by atoms with Crippen molar-refractivity contribution in [2.75, 3.05) is 33.4 Å². The number of carbonyl (C=O) groups excluding carboxylic acids is 1. The van der Waals surface area contributed by atoms with E-state index in [1.54, 1.807) is 7.11 Å². The van der Waals surface area contributed by atoms with Gasteiger partial charge in [-0.25, -0.2) is 4.79 Å². The zero-order chi connectivity index (χ0) is 14.2. The molecule has 0 aromatic heterocycles. The van der Waals surface area contributed by atoms with Crippen molar-refractivity contribution >= 4 is 6.03 Å². The Morgan fingerprint density at radius 2 is 2.00 bits per heavy atom. The summed E-state index contributed by atoms with van der Waals surface area (Å²) in [5, 5.41) is 2.88. The number of amides is 2. The van der Waals surface area contributed by atoms with Gasteiger partial charge >= 0.3 is 6.03 Å². The topological polar surface area (TPSA) is 41.6 Å². The first-order valence-electron chi connectivity index (χ1n) is 7.35. The quantitative estimate of drug-likeness (QED) is 0.838. The van der Waals surface area contributed by atoms with Crippen LogP contribution in [0.4, 0.5) is 4.79 Å². The first-order valence-corrected chi connectivity index (χ1v) is 7.35. The number of methoxy groups -OCH3 is 1. The van der Waals surface area contributed by atoms with Crippen molar-refractivity contribution in [1.29, 1.82) is 0 Å². The largest absolute Gasteiger partial charge is 0.383 e. The zero-order valence-corrected chi connectivity index (χ0v) is 12.2. The summed E-state index contributed by atoms with van der Waals surface area (Å²) in [6, 6.07) is 10.6. The van der Waals surface area contributed by atoms with Crippen molar-refractivity contribution in [3.63, 3.8) is 0 Å². The molecule has 0 unspecified atom stereocenters. The molecule has 4 nitrogen and oxygen atoms in total. The third-order valence-corrected chi connectivity index (χ3v) is 3.85. The Bertz CT molecular complexity index is 400. The third-order valence-electron chi connectivity index (χ3n) is 3.85. The zero-order valence-electron chi connectivity index (χ0n) is 12.2. The fourth-order valence-electron chi connectivity index (χ4n) is 2.66. The van der Waals surface area contributed by atoms with Crippen LogP contribution < -0.4 is 5.32 Å². The number of hydrogen-bond acceptors (Lipinski definition) is 2. The number of likely N-dealkylation sites (tertiary alicyclic amines) is 1. The number of nitrogens with zero attached hydrogens (tertiary/aromatic N) is 1. The van der Waals surface area contributed by atoms with E-state index in [1.807, 2.05) is 4.90 Å². The van der Waals surface area contributed by atoms with Crippen LogP contribution in [0, 0.1) is 5.92 Å². The monoisotopic (exact) mass is 276 g/mol. The van der Waals surface area contributed by atoms with Crippen LogP contribution in [0.1, 0.15) is 18.4 Å². The van der Waals surface area contributed by atoms with E-state index in [1.165, 1.54) is 5.56 Å². The predicted molar refractivity (Wildman–Crippen MR) is 79.7 cm³/mol. The fourth-order valence-corrected chi connectivity index (χ4v) is 2.66. The van der Waals surface area contributed by atoms with E-state index in [0.29, 0.717) is 19.1 Å². The second-order valence-electron chi connectivity index (χ2n) is 5.34. The summed E-state index contributed by atoms with van der Waals surface area (Å²) in [6.45, 7) is 2.86. The summed E-state index contributed by atoms with van der Waals surface area (Å²) in [7, 11) is 1.64. The molecule has 20 heavy (non-hydrogen) atoms. The molecular formula is C16H24N2O2. The summed E-state index contributed by atoms with van der Waals surface area (Å²) in [5.41, 5.74) is 1.40. The van der Waals surface area contributed by atoms with Crippen LogP contribution in [0.2, 0.25) is 0 Å². The van der Waals surface area contributed by atoms with Crippen molar-refractivity contribution in [1.82, 2.24) is 10.2 Å². The van der Waals surface area contributed by atoms with Crippen LogP contribution in [0.25, 0.3) is 0 Å². The molecule has 1 N–H and O–H groups in total. The highest BCUT2D eigenvalue weighted by Gasteiger charge is 2.22. The maximum absolute atomic E-state index is 11.9. The van der Waals surface area contributed by atoms with Crippen molar-refractivity contribution in [3.05, 3.63) is 35.9 Å². The van der Waals surface area contributed by atoms with Crippen molar-refractivity contribution < 1.29 is 9.53 Å². The van der Waals surface area contributed by atoms with Crippen molar-refractivity contribution in [2.24, 2.45) is 5.92 Å². The molecule has 1 heterocycles. The lowest BCUT2D eigenvalue weighted by molar-refractivity contribution is 0.161. The first-order chi connectivity index (χ1) is 9.79. The van der Waals surface area contributed by atoms with Gasteiger partial charge in [0.25, 0.3) is 0 Å². The molecule has 1 saturated heterocycles. The highest BCUT2D eigenvalue weighted by atomic mass is 16.5. The number of nitrogens with one attached hydrogen (secondary N) is 1. The molecule has 4 heteroatoms. The van der Waals surface area contributed by atoms with E-state index >= 15 is 0 Å². The Kier molecular flexibility index (Phi) is 5.87. The van der Waals surface area contributed by atoms with Crippen molar-refractivity contribution in [2.45, 2.75) is 19.3 Å². The van der Waals surface area contributed by atoms with Crippen LogP contribution in [-0.2, 0) is 11.2 Å². The Hall–Kier alpha value is -1.55. The van der Waals surface area contributed by atoms with Gasteiger partial charge in [0.2, 0.25) is 0 Å². The lowest BCUT2D eigenvalue weighted by Crippen LogP contribution is -2.45. The average molecular weight is 276 g/mol. The van der Waals surface area contributed by atoms with Gasteiger partial charge in [-0.1, -0.05) is 30.3 Å². The van der Waals surface area contributed by atoms with Crippen LogP contribution >= 0.6 is 0 Å². The van der Waals surface area contributed by atoms with Crippen molar-refractivity contribution in [3.8, 4) is 0 Å². The van der Waals surface area contributed by atoms with Gasteiger partial charge in [-0.3, -0.25) is 0 Å². The molecule has 110 valence electrons. The Morgan fingerprint density at radius 3 is 2.65 bits per heavy atom. The Balaban J connectivity index is 1.71. The summed E-state index contributed by atoms with van der Waals surface area (Å²) in [5.74, 6) is 0.695. The van der Waals surface area contributed by atoms with Gasteiger partial charge in [0.05, 0.1) is 6.61 Å². The molecule has 1 fully saturated rings. The van der Waals surface area contributed by atoms with Gasteiger partial charge in [-0.15, -0.1) is 0 Å². The van der Waals surface area contributed by atoms with Crippen LogP contribution in [0.5, 0.6) is 0 Å². The molecule has 0 bridgehead atoms. The average Bonchev–Trinajstić information content (AvgIpc) is 2.49. The molecule has 1 aromatic rings. The van der Waals surface area contributed by atoms with E-state index in [0.717, 1.165) is 32.4 Å². The molecule has 0 radical (unpaired) electrons. The SMILES string of the molecule is COCCNC(=O)N1CCC(Cc2ccccc2)CC1. The van der Waals surface area contributed by atoms with E-state index in [4.69, 9.17) is 4.74 Å². The highest BCUT2D eigenvalue weighted by Crippen LogP contribution is 2.21. The summed E-state index contributed by atoms with van der Waals surface area (Å²) < 4.78 is 4.93. The number of hydrogen-bond donors (Lipinski definition) is 1. The second kappa shape index (κ2) is 7.90. The Morgan fingerprint density at radius 1 is 1.30 bits per heavy atom. The second-order valence-corrected chi connectivity index (χ2v) is 5.34. The summed E-state index contributed by atoms with van der Waals surface area (Å²) in [6.07, 6.45) is 3.30. The van der Waals surface area contributed by atoms with E-state index in [9.17, 15) is 4.79 Å². The van der Waals surface area contributed by atoms with Crippen LogP contribution in [0.15, 0.2) is 30.3 Å². The molecule has 1 aliphatic rings. The van der Waals surface area contributed by atoms with Gasteiger partial charge in [-0.2, -0.15) is 0 Å². The minimum absolute atomic E-state index is 0.0419. The van der Waals surface area contributed by atoms with E-state index in [-0.39, 0.29) is 6.03 Å². The standard InChI is InChI=1S/C16H24N2O2/c1-20-12-9-17-16(19)18-10-7-15(8-11-18)13-14-5-3-2-4-6-14/h2-6,15H,7-13H2,1H3,(H,17,19). The maximum Gasteiger partial charge on any atom is 0.317 e. The lowest BCUT2D eigenvalue weighted by Gasteiger charge is -2.32. The number of piperidine rings is 1. The molecule has 2 rings (SSSR count). The minimum atomic E-state index is 0.0419. The molecule has 2 amide bonds. The molecule has 0 atom stereocenters. The number of urea groups is 1. The first kappa shape index (κ1) is 14.9. The highest BCUT2D eigenvalue weighted by molar-refractivity contribution is 5.74. The summed E-state index contributed by atoms with van der Waals surface area (Å²) >= 11 is 0. The van der Waals surface area contributed by atoms with E-state index < -0.39 is 0 Å². The minimum Gasteiger partial charge on any atom is -0.383 e. The van der Waals surface area contributed by atoms with Crippen LogP contribution in [-0.4, -0.2) is 44.3 Å². The molecule has 1 aliphatic heterocycles. The molecule has 0 aliphatic carbocycles. The smallest absolute Gasteiger partial charge is 0.317 e. The molecule has 1 aromatic carbocycles. The number of ether oxygens (including phenoxy) is 1. The molecule has 0 spiro atoms. The van der Waals surface area contributed by atoms with Crippen LogP contribution in [0.3, 0.4) is 0 Å². The summed E-state index contributed by atoms with van der Waals surface area (Å²) in [4.78, 5) is 13.8. The van der Waals surface area contributed by atoms with Gasteiger partial charge in [0.15, 0.2) is 0 Å². The number of carbonyl (C=O) groups is 1. The Labute approximate surface area is 121 Å². The molecule has 0 saturated carbocycles. The number of rotatable bonds is 5. The molecular weight excluding hydrogens is 252 g/mol. The normalized spacial score (nSPS) is 16.1. The predicted octanol–water partition coefficient (Wildman–Crippen LogP) is 2.30. The van der Waals surface area contributed by atoms with E-state index in [2.05, 4.69) is 35.6 Å². The van der Waals surface area contributed by atoms with Gasteiger partial charge in [0.1, 0.15) is 0 Å². The lowest BCUT2D eigenvalue weighted by atomic mass is 9.90. The number of benzene rings is 1. The van der Waals surface area contributed by atoms with Gasteiger partial charge in [-0.05, 0) is 30.7 Å². The maximum atomic E-state index is 11.9. The van der Waals surface area contributed by atoms with Gasteiger partial charge in [0, 0.05) is 26.7 Å². The third kappa shape index (κ3) is 4.53. The van der Waals surface area contributed by atoms with Gasteiger partial charge < -0.3 is 15.0 Å².